The van der Waals surface area contributed by atoms with Gasteiger partial charge in [0.1, 0.15) is 4.90 Å². The molecule has 0 heterocycles. The van der Waals surface area contributed by atoms with Crippen LogP contribution >= 0.6 is 0 Å². The first-order valence-electron chi connectivity index (χ1n) is 9.38. The number of anilines is 1. The zero-order valence-electron chi connectivity index (χ0n) is 17.0. The Morgan fingerprint density at radius 1 is 1.14 bits per heavy atom. The van der Waals surface area contributed by atoms with Gasteiger partial charge in [0.05, 0.1) is 16.8 Å². The molecule has 0 aliphatic heterocycles. The monoisotopic (exact) mass is 418 g/mol. The summed E-state index contributed by atoms with van der Waals surface area (Å²) in [5.74, 6) is 0.423. The molecule has 0 aliphatic rings. The predicted molar refractivity (Wildman–Crippen MR) is 115 cm³/mol. The third-order valence-electron chi connectivity index (χ3n) is 4.50. The van der Waals surface area contributed by atoms with Crippen molar-refractivity contribution >= 4 is 27.6 Å². The van der Waals surface area contributed by atoms with E-state index in [9.17, 15) is 18.5 Å². The van der Waals surface area contributed by atoms with Crippen molar-refractivity contribution in [3.8, 4) is 0 Å². The Balaban J connectivity index is 2.35. The second-order valence-corrected chi connectivity index (χ2v) is 8.62. The summed E-state index contributed by atoms with van der Waals surface area (Å²) >= 11 is 0. The molecular weight excluding hydrogens is 392 g/mol. The van der Waals surface area contributed by atoms with Crippen molar-refractivity contribution in [3.63, 3.8) is 0 Å². The molecular formula is C20H26N4O4S. The molecule has 0 saturated carbocycles. The highest BCUT2D eigenvalue weighted by atomic mass is 32.2. The van der Waals surface area contributed by atoms with Crippen LogP contribution in [0.1, 0.15) is 44.7 Å². The molecule has 0 radical (unpaired) electrons. The number of hydrogen-bond acceptors (Lipinski definition) is 6. The Bertz CT molecular complexity index is 982. The lowest BCUT2D eigenvalue weighted by Crippen LogP contribution is -2.31. The average molecular weight is 419 g/mol. The Labute approximate surface area is 171 Å². The summed E-state index contributed by atoms with van der Waals surface area (Å²) in [6, 6.07) is 11.5. The number of hydrogen-bond donors (Lipinski definition) is 1. The van der Waals surface area contributed by atoms with Gasteiger partial charge in [-0.2, -0.15) is 9.41 Å². The standard InChI is InChI=1S/C20H26N4O4S/c1-5-23(6-2)29(27,28)20-13-18(24(25)26)11-12-19(20)22-21-14-16-7-9-17(10-8-16)15(3)4/h7-15,22H,5-6H2,1-4H3/b21-14-. The van der Waals surface area contributed by atoms with Gasteiger partial charge in [-0.15, -0.1) is 0 Å². The maximum absolute atomic E-state index is 12.9. The molecule has 0 spiro atoms. The molecule has 0 bridgehead atoms. The topological polar surface area (TPSA) is 105 Å². The average Bonchev–Trinajstić information content (AvgIpc) is 2.69. The van der Waals surface area contributed by atoms with Gasteiger partial charge in [-0.1, -0.05) is 52.0 Å². The molecule has 0 fully saturated rings. The summed E-state index contributed by atoms with van der Waals surface area (Å²) in [4.78, 5) is 10.3. The van der Waals surface area contributed by atoms with Crippen LogP contribution in [0.3, 0.4) is 0 Å². The number of benzene rings is 2. The Kier molecular flexibility index (Phi) is 7.46. The number of nitro groups is 1. The first-order valence-corrected chi connectivity index (χ1v) is 10.8. The van der Waals surface area contributed by atoms with E-state index in [4.69, 9.17) is 0 Å². The molecule has 9 heteroatoms. The van der Waals surface area contributed by atoms with Crippen molar-refractivity contribution in [1.29, 1.82) is 0 Å². The van der Waals surface area contributed by atoms with Crippen LogP contribution in [0.15, 0.2) is 52.5 Å². The SMILES string of the molecule is CCN(CC)S(=O)(=O)c1cc([N+](=O)[O-])ccc1N/N=C\c1ccc(C(C)C)cc1. The first kappa shape index (κ1) is 22.5. The minimum absolute atomic E-state index is 0.178. The molecule has 0 amide bonds. The lowest BCUT2D eigenvalue weighted by molar-refractivity contribution is -0.385. The van der Waals surface area contributed by atoms with Crippen LogP contribution in [0.5, 0.6) is 0 Å². The Morgan fingerprint density at radius 3 is 2.28 bits per heavy atom. The molecule has 0 unspecified atom stereocenters. The summed E-state index contributed by atoms with van der Waals surface area (Å²) < 4.78 is 27.1. The maximum atomic E-state index is 12.9. The van der Waals surface area contributed by atoms with Crippen LogP contribution in [0.25, 0.3) is 0 Å². The van der Waals surface area contributed by atoms with Crippen molar-refractivity contribution in [1.82, 2.24) is 4.31 Å². The highest BCUT2D eigenvalue weighted by Gasteiger charge is 2.27. The molecule has 29 heavy (non-hydrogen) atoms. The lowest BCUT2D eigenvalue weighted by atomic mass is 10.0. The summed E-state index contributed by atoms with van der Waals surface area (Å²) in [7, 11) is -3.91. The minimum Gasteiger partial charge on any atom is -0.277 e. The van der Waals surface area contributed by atoms with Gasteiger partial charge in [0.15, 0.2) is 0 Å². The van der Waals surface area contributed by atoms with Crippen molar-refractivity contribution in [2.24, 2.45) is 5.10 Å². The van der Waals surface area contributed by atoms with Crippen molar-refractivity contribution in [2.45, 2.75) is 38.5 Å². The fourth-order valence-corrected chi connectivity index (χ4v) is 4.40. The molecule has 0 atom stereocenters. The number of nitro benzene ring substituents is 1. The second-order valence-electron chi connectivity index (χ2n) is 6.72. The highest BCUT2D eigenvalue weighted by molar-refractivity contribution is 7.89. The zero-order chi connectivity index (χ0) is 21.6. The van der Waals surface area contributed by atoms with Crippen LogP contribution in [-0.4, -0.2) is 37.0 Å². The van der Waals surface area contributed by atoms with E-state index in [0.717, 1.165) is 11.6 Å². The van der Waals surface area contributed by atoms with E-state index in [1.807, 2.05) is 24.3 Å². The van der Waals surface area contributed by atoms with Gasteiger partial charge in [0.25, 0.3) is 5.69 Å². The third kappa shape index (κ3) is 5.39. The summed E-state index contributed by atoms with van der Waals surface area (Å²) in [5, 5.41) is 15.2. The number of non-ortho nitro benzene ring substituents is 1. The van der Waals surface area contributed by atoms with Crippen molar-refractivity contribution in [3.05, 3.63) is 63.7 Å². The zero-order valence-corrected chi connectivity index (χ0v) is 17.8. The fraction of sp³-hybridized carbons (Fsp3) is 0.350. The maximum Gasteiger partial charge on any atom is 0.270 e. The van der Waals surface area contributed by atoms with Gasteiger partial charge < -0.3 is 0 Å². The van der Waals surface area contributed by atoms with Gasteiger partial charge in [0.2, 0.25) is 10.0 Å². The summed E-state index contributed by atoms with van der Waals surface area (Å²) in [6.45, 7) is 8.15. The van der Waals surface area contributed by atoms with E-state index >= 15 is 0 Å². The Morgan fingerprint density at radius 2 is 1.76 bits per heavy atom. The van der Waals surface area contributed by atoms with Gasteiger partial charge in [0, 0.05) is 25.2 Å². The van der Waals surface area contributed by atoms with Gasteiger partial charge in [-0.3, -0.25) is 15.5 Å². The van der Waals surface area contributed by atoms with Crippen LogP contribution in [0, 0.1) is 10.1 Å². The van der Waals surface area contributed by atoms with E-state index in [1.54, 1.807) is 20.1 Å². The van der Waals surface area contributed by atoms with Crippen LogP contribution in [-0.2, 0) is 10.0 Å². The van der Waals surface area contributed by atoms with Gasteiger partial charge >= 0.3 is 0 Å². The van der Waals surface area contributed by atoms with E-state index in [0.29, 0.717) is 5.92 Å². The number of sulfonamides is 1. The molecule has 0 aliphatic carbocycles. The van der Waals surface area contributed by atoms with Crippen LogP contribution in [0.2, 0.25) is 0 Å². The largest absolute Gasteiger partial charge is 0.277 e. The van der Waals surface area contributed by atoms with Gasteiger partial charge in [-0.05, 0) is 23.1 Å². The molecule has 2 aromatic carbocycles. The highest BCUT2D eigenvalue weighted by Crippen LogP contribution is 2.29. The fourth-order valence-electron chi connectivity index (χ4n) is 2.78. The molecule has 0 saturated heterocycles. The smallest absolute Gasteiger partial charge is 0.270 e. The van der Waals surface area contributed by atoms with Crippen LogP contribution < -0.4 is 5.43 Å². The molecule has 2 rings (SSSR count). The quantitative estimate of drug-likeness (QED) is 0.373. The molecule has 2 aromatic rings. The van der Waals surface area contributed by atoms with Crippen molar-refractivity contribution < 1.29 is 13.3 Å². The summed E-state index contributed by atoms with van der Waals surface area (Å²) in [5.41, 5.74) is 4.65. The molecule has 156 valence electrons. The number of nitrogens with zero attached hydrogens (tertiary/aromatic N) is 3. The van der Waals surface area contributed by atoms with E-state index in [2.05, 4.69) is 24.4 Å². The second kappa shape index (κ2) is 9.62. The van der Waals surface area contributed by atoms with Gasteiger partial charge in [-0.25, -0.2) is 8.42 Å². The predicted octanol–water partition coefficient (Wildman–Crippen LogP) is 4.19. The van der Waals surface area contributed by atoms with Crippen molar-refractivity contribution in [2.75, 3.05) is 18.5 Å². The Hall–Kier alpha value is -2.78. The van der Waals surface area contributed by atoms with E-state index in [-0.39, 0.29) is 29.4 Å². The first-order chi connectivity index (χ1) is 13.7. The van der Waals surface area contributed by atoms with E-state index < -0.39 is 14.9 Å². The number of nitrogens with one attached hydrogen (secondary N) is 1. The molecule has 8 nitrogen and oxygen atoms in total. The number of rotatable bonds is 9. The molecule has 1 N–H and O–H groups in total. The minimum atomic E-state index is -3.91. The third-order valence-corrected chi connectivity index (χ3v) is 6.59. The lowest BCUT2D eigenvalue weighted by Gasteiger charge is -2.20. The normalized spacial score (nSPS) is 12.1. The summed E-state index contributed by atoms with van der Waals surface area (Å²) in [6.07, 6.45) is 1.57. The van der Waals surface area contributed by atoms with Crippen LogP contribution in [0.4, 0.5) is 11.4 Å². The molecule has 0 aromatic heterocycles. The number of hydrazone groups is 1. The van der Waals surface area contributed by atoms with E-state index in [1.165, 1.54) is 22.0 Å².